The monoisotopic (exact) mass is 240 g/mol. The average Bonchev–Trinajstić information content (AvgIpc) is 2.30. The van der Waals surface area contributed by atoms with Crippen LogP contribution in [0, 0.1) is 0 Å². The fourth-order valence-electron chi connectivity index (χ4n) is 1.87. The first-order valence-corrected chi connectivity index (χ1v) is 5.67. The molecule has 0 saturated carbocycles. The fourth-order valence-corrected chi connectivity index (χ4v) is 1.87. The molecular weight excluding hydrogens is 226 g/mol. The largest absolute Gasteiger partial charge is 0.268 e. The first-order valence-electron chi connectivity index (χ1n) is 5.67. The van der Waals surface area contributed by atoms with Gasteiger partial charge in [0, 0.05) is 25.5 Å². The van der Waals surface area contributed by atoms with Gasteiger partial charge in [-0.15, -0.1) is 0 Å². The molecule has 0 amide bonds. The summed E-state index contributed by atoms with van der Waals surface area (Å²) in [6, 6.07) is 3.03. The van der Waals surface area contributed by atoms with E-state index in [-0.39, 0.29) is 18.4 Å². The number of alkyl halides is 2. The Kier molecular flexibility index (Phi) is 3.09. The highest BCUT2D eigenvalue weighted by molar-refractivity contribution is 5.63. The summed E-state index contributed by atoms with van der Waals surface area (Å²) in [5.74, 6) is -2.59. The van der Waals surface area contributed by atoms with Crippen LogP contribution in [0.2, 0.25) is 0 Å². The van der Waals surface area contributed by atoms with Crippen molar-refractivity contribution in [2.75, 3.05) is 0 Å². The number of allylic oxidation sites excluding steroid dienone is 2. The van der Waals surface area contributed by atoms with E-state index in [0.717, 1.165) is 5.57 Å². The summed E-state index contributed by atoms with van der Waals surface area (Å²) in [5.41, 5.74) is 1.26. The van der Waals surface area contributed by atoms with Gasteiger partial charge in [-0.05, 0) is 25.0 Å². The lowest BCUT2D eigenvalue weighted by molar-refractivity contribution is -0.00606. The molecule has 0 N–H and O–H groups in total. The summed E-state index contributed by atoms with van der Waals surface area (Å²) < 4.78 is 27.3. The van der Waals surface area contributed by atoms with Gasteiger partial charge in [0.2, 0.25) is 0 Å². The Morgan fingerprint density at radius 3 is 2.82 bits per heavy atom. The predicted molar refractivity (Wildman–Crippen MR) is 60.9 cm³/mol. The van der Waals surface area contributed by atoms with E-state index in [9.17, 15) is 13.6 Å². The minimum absolute atomic E-state index is 0.147. The lowest BCUT2D eigenvalue weighted by Crippen LogP contribution is -2.23. The maximum absolute atomic E-state index is 13.0. The summed E-state index contributed by atoms with van der Waals surface area (Å²) in [4.78, 5) is 11.3. The number of halogens is 2. The van der Waals surface area contributed by atoms with Crippen LogP contribution in [0.4, 0.5) is 8.78 Å². The summed E-state index contributed by atoms with van der Waals surface area (Å²) in [6.07, 6.45) is 1.44. The highest BCUT2D eigenvalue weighted by atomic mass is 19.3. The molecule has 0 bridgehead atoms. The van der Waals surface area contributed by atoms with Crippen molar-refractivity contribution < 1.29 is 8.78 Å². The molecule has 3 nitrogen and oxygen atoms in total. The molecule has 1 aromatic heterocycles. The van der Waals surface area contributed by atoms with Crippen LogP contribution in [0.3, 0.4) is 0 Å². The van der Waals surface area contributed by atoms with E-state index in [4.69, 9.17) is 0 Å². The summed E-state index contributed by atoms with van der Waals surface area (Å²) >= 11 is 0. The molecule has 1 aliphatic carbocycles. The van der Waals surface area contributed by atoms with Crippen molar-refractivity contribution in [1.29, 1.82) is 0 Å². The molecule has 1 aliphatic rings. The van der Waals surface area contributed by atoms with Gasteiger partial charge < -0.3 is 0 Å². The Bertz CT molecular complexity index is 505. The van der Waals surface area contributed by atoms with Crippen molar-refractivity contribution in [3.8, 4) is 0 Å². The molecule has 0 spiro atoms. The highest BCUT2D eigenvalue weighted by Gasteiger charge is 2.31. The normalized spacial score (nSPS) is 18.9. The van der Waals surface area contributed by atoms with Gasteiger partial charge in [-0.2, -0.15) is 5.10 Å². The van der Waals surface area contributed by atoms with Gasteiger partial charge in [-0.3, -0.25) is 4.79 Å². The second-order valence-corrected chi connectivity index (χ2v) is 4.16. The number of rotatable bonds is 2. The smallest absolute Gasteiger partial charge is 0.266 e. The Morgan fingerprint density at radius 2 is 2.24 bits per heavy atom. The number of hydrogen-bond acceptors (Lipinski definition) is 2. The first-order chi connectivity index (χ1) is 8.02. The second-order valence-electron chi connectivity index (χ2n) is 4.16. The molecule has 2 rings (SSSR count). The summed E-state index contributed by atoms with van der Waals surface area (Å²) in [5, 5.41) is 4.15. The van der Waals surface area contributed by atoms with Crippen LogP contribution in [0.25, 0.3) is 5.57 Å². The van der Waals surface area contributed by atoms with Crippen LogP contribution in [0.15, 0.2) is 23.0 Å². The van der Waals surface area contributed by atoms with Crippen molar-refractivity contribution >= 4 is 5.57 Å². The number of hydrogen-bond donors (Lipinski definition) is 0. The van der Waals surface area contributed by atoms with Gasteiger partial charge in [0.15, 0.2) is 0 Å². The zero-order valence-corrected chi connectivity index (χ0v) is 9.62. The maximum atomic E-state index is 13.0. The second kappa shape index (κ2) is 4.39. The third kappa shape index (κ3) is 2.60. The molecule has 0 radical (unpaired) electrons. The number of aryl methyl sites for hydroxylation is 1. The van der Waals surface area contributed by atoms with Crippen LogP contribution in [0.5, 0.6) is 0 Å². The molecule has 0 fully saturated rings. The maximum Gasteiger partial charge on any atom is 0.266 e. The molecular formula is C12H14F2N2O. The minimum atomic E-state index is -2.59. The molecule has 1 aromatic rings. The van der Waals surface area contributed by atoms with Gasteiger partial charge in [0.05, 0.1) is 5.69 Å². The van der Waals surface area contributed by atoms with Crippen LogP contribution in [-0.2, 0) is 6.54 Å². The third-order valence-corrected chi connectivity index (χ3v) is 2.90. The molecule has 0 saturated heterocycles. The molecule has 17 heavy (non-hydrogen) atoms. The van der Waals surface area contributed by atoms with Gasteiger partial charge in [-0.1, -0.05) is 6.08 Å². The molecule has 0 atom stereocenters. The third-order valence-electron chi connectivity index (χ3n) is 2.90. The van der Waals surface area contributed by atoms with Crippen molar-refractivity contribution in [3.63, 3.8) is 0 Å². The molecule has 0 aromatic carbocycles. The molecule has 5 heteroatoms. The zero-order valence-electron chi connectivity index (χ0n) is 9.62. The number of aromatic nitrogens is 2. The Labute approximate surface area is 97.8 Å². The van der Waals surface area contributed by atoms with E-state index in [1.807, 2.05) is 6.92 Å². The summed E-state index contributed by atoms with van der Waals surface area (Å²) in [6.45, 7) is 2.30. The standard InChI is InChI=1S/C12H14F2N2O/c1-2-16-11(17)4-3-10(15-16)9-5-7-12(13,14)8-6-9/h3-5H,2,6-8H2,1H3. The SMILES string of the molecule is CCn1nc(C2=CCC(F)(F)CC2)ccc1=O. The van der Waals surface area contributed by atoms with Gasteiger partial charge >= 0.3 is 0 Å². The van der Waals surface area contributed by atoms with Crippen LogP contribution in [0.1, 0.15) is 31.9 Å². The zero-order chi connectivity index (χ0) is 12.5. The fraction of sp³-hybridized carbons (Fsp3) is 0.500. The topological polar surface area (TPSA) is 34.9 Å². The lowest BCUT2D eigenvalue weighted by Gasteiger charge is -2.21. The molecule has 1 heterocycles. The van der Waals surface area contributed by atoms with Crippen molar-refractivity contribution in [1.82, 2.24) is 9.78 Å². The van der Waals surface area contributed by atoms with Gasteiger partial charge in [-0.25, -0.2) is 13.5 Å². The Hall–Kier alpha value is -1.52. The Morgan fingerprint density at radius 1 is 1.47 bits per heavy atom. The predicted octanol–water partition coefficient (Wildman–Crippen LogP) is 2.47. The number of nitrogens with zero attached hydrogens (tertiary/aromatic N) is 2. The minimum Gasteiger partial charge on any atom is -0.268 e. The quantitative estimate of drug-likeness (QED) is 0.796. The first kappa shape index (κ1) is 12.0. The lowest BCUT2D eigenvalue weighted by atomic mass is 9.94. The van der Waals surface area contributed by atoms with E-state index in [1.54, 1.807) is 6.07 Å². The summed E-state index contributed by atoms with van der Waals surface area (Å²) in [7, 11) is 0. The highest BCUT2D eigenvalue weighted by Crippen LogP contribution is 2.35. The van der Waals surface area contributed by atoms with E-state index in [0.29, 0.717) is 18.7 Å². The molecule has 0 unspecified atom stereocenters. The van der Waals surface area contributed by atoms with Crippen molar-refractivity contribution in [3.05, 3.63) is 34.3 Å². The van der Waals surface area contributed by atoms with E-state index in [1.165, 1.54) is 16.8 Å². The van der Waals surface area contributed by atoms with Gasteiger partial charge in [0.25, 0.3) is 11.5 Å². The molecule has 0 aliphatic heterocycles. The van der Waals surface area contributed by atoms with Gasteiger partial charge in [0.1, 0.15) is 0 Å². The van der Waals surface area contributed by atoms with Crippen LogP contribution < -0.4 is 5.56 Å². The van der Waals surface area contributed by atoms with Crippen LogP contribution in [-0.4, -0.2) is 15.7 Å². The van der Waals surface area contributed by atoms with Crippen molar-refractivity contribution in [2.24, 2.45) is 0 Å². The Balaban J connectivity index is 2.30. The van der Waals surface area contributed by atoms with Crippen molar-refractivity contribution in [2.45, 2.75) is 38.7 Å². The van der Waals surface area contributed by atoms with E-state index in [2.05, 4.69) is 5.10 Å². The van der Waals surface area contributed by atoms with Crippen LogP contribution >= 0.6 is 0 Å². The van der Waals surface area contributed by atoms with E-state index >= 15 is 0 Å². The average molecular weight is 240 g/mol. The van der Waals surface area contributed by atoms with E-state index < -0.39 is 5.92 Å². The molecule has 92 valence electrons.